The number of benzene rings is 1. The van der Waals surface area contributed by atoms with Crippen LogP contribution >= 0.6 is 0 Å². The van der Waals surface area contributed by atoms with Crippen LogP contribution in [0, 0.1) is 16.7 Å². The average molecular weight is 327 g/mol. The smallest absolute Gasteiger partial charge is 0.239 e. The highest BCUT2D eigenvalue weighted by Crippen LogP contribution is 2.22. The van der Waals surface area contributed by atoms with Crippen molar-refractivity contribution in [1.82, 2.24) is 5.32 Å². The third kappa shape index (κ3) is 4.58. The zero-order valence-electron chi connectivity index (χ0n) is 14.4. The normalized spacial score (nSPS) is 15.9. The molecule has 1 aromatic rings. The molecule has 0 atom stereocenters. The number of anilines is 1. The molecule has 5 nitrogen and oxygen atoms in total. The molecule has 1 aromatic carbocycles. The summed E-state index contributed by atoms with van der Waals surface area (Å²) < 4.78 is 0. The van der Waals surface area contributed by atoms with Gasteiger partial charge in [0.05, 0.1) is 11.6 Å². The van der Waals surface area contributed by atoms with Crippen LogP contribution in [0.2, 0.25) is 0 Å². The molecule has 2 amide bonds. The van der Waals surface area contributed by atoms with Crippen molar-refractivity contribution in [3.05, 3.63) is 29.8 Å². The van der Waals surface area contributed by atoms with Gasteiger partial charge < -0.3 is 10.6 Å². The van der Waals surface area contributed by atoms with Gasteiger partial charge in [0, 0.05) is 11.7 Å². The van der Waals surface area contributed by atoms with Gasteiger partial charge in [-0.2, -0.15) is 5.26 Å². The summed E-state index contributed by atoms with van der Waals surface area (Å²) in [7, 11) is 0. The number of amides is 2. The molecule has 0 aromatic heterocycles. The van der Waals surface area contributed by atoms with Gasteiger partial charge in [-0.05, 0) is 44.9 Å². The first-order valence-electron chi connectivity index (χ1n) is 8.56. The molecule has 2 N–H and O–H groups in total. The molecular weight excluding hydrogens is 302 g/mol. The third-order valence-electron chi connectivity index (χ3n) is 4.58. The molecular formula is C19H25N3O2. The molecule has 1 saturated carbocycles. The fourth-order valence-corrected chi connectivity index (χ4v) is 2.85. The van der Waals surface area contributed by atoms with Crippen LogP contribution in [0.15, 0.2) is 24.3 Å². The zero-order valence-corrected chi connectivity index (χ0v) is 14.4. The summed E-state index contributed by atoms with van der Waals surface area (Å²) in [5, 5.41) is 14.7. The van der Waals surface area contributed by atoms with Crippen LogP contribution in [0.4, 0.5) is 5.69 Å². The lowest BCUT2D eigenvalue weighted by Crippen LogP contribution is -2.48. The third-order valence-corrected chi connectivity index (χ3v) is 4.58. The lowest BCUT2D eigenvalue weighted by Gasteiger charge is -2.26. The number of nitriles is 1. The first-order valence-corrected chi connectivity index (χ1v) is 8.56. The van der Waals surface area contributed by atoms with E-state index in [2.05, 4.69) is 10.6 Å². The van der Waals surface area contributed by atoms with Gasteiger partial charge in [-0.15, -0.1) is 0 Å². The van der Waals surface area contributed by atoms with Crippen LogP contribution in [0.1, 0.15) is 57.9 Å². The van der Waals surface area contributed by atoms with E-state index in [1.165, 1.54) is 12.8 Å². The van der Waals surface area contributed by atoms with Crippen molar-refractivity contribution in [2.45, 2.75) is 58.4 Å². The monoisotopic (exact) mass is 327 g/mol. The molecule has 0 heterocycles. The van der Waals surface area contributed by atoms with E-state index in [-0.39, 0.29) is 17.9 Å². The van der Waals surface area contributed by atoms with Crippen molar-refractivity contribution in [2.24, 2.45) is 5.41 Å². The fourth-order valence-electron chi connectivity index (χ4n) is 2.85. The van der Waals surface area contributed by atoms with Gasteiger partial charge >= 0.3 is 0 Å². The molecule has 0 saturated heterocycles. The second kappa shape index (κ2) is 7.96. The summed E-state index contributed by atoms with van der Waals surface area (Å²) in [6.07, 6.45) is 6.63. The minimum atomic E-state index is -1.17. The average Bonchev–Trinajstić information content (AvgIpc) is 2.83. The summed E-state index contributed by atoms with van der Waals surface area (Å²) in [5.74, 6) is -0.618. The van der Waals surface area contributed by atoms with E-state index in [1.54, 1.807) is 38.1 Å². The predicted molar refractivity (Wildman–Crippen MR) is 93.2 cm³/mol. The van der Waals surface area contributed by atoms with E-state index in [1.807, 2.05) is 6.07 Å². The van der Waals surface area contributed by atoms with Crippen LogP contribution in [-0.4, -0.2) is 17.9 Å². The SMILES string of the molecule is CC(C)(C(=O)Nc1cccc(C#N)c1)C(=O)NC1CCCCCC1. The van der Waals surface area contributed by atoms with Gasteiger partial charge in [-0.1, -0.05) is 31.7 Å². The lowest BCUT2D eigenvalue weighted by atomic mass is 9.90. The van der Waals surface area contributed by atoms with Gasteiger partial charge in [0.1, 0.15) is 5.41 Å². The number of carbonyl (C=O) groups is 2. The topological polar surface area (TPSA) is 82.0 Å². The number of hydrogen-bond acceptors (Lipinski definition) is 3. The van der Waals surface area contributed by atoms with Gasteiger partial charge in [-0.3, -0.25) is 9.59 Å². The number of hydrogen-bond donors (Lipinski definition) is 2. The summed E-state index contributed by atoms with van der Waals surface area (Å²) in [5.41, 5.74) is -0.183. The van der Waals surface area contributed by atoms with E-state index in [0.29, 0.717) is 11.3 Å². The summed E-state index contributed by atoms with van der Waals surface area (Å²) in [6.45, 7) is 3.25. The van der Waals surface area contributed by atoms with Crippen LogP contribution in [0.5, 0.6) is 0 Å². The molecule has 5 heteroatoms. The van der Waals surface area contributed by atoms with Gasteiger partial charge in [0.25, 0.3) is 0 Å². The minimum absolute atomic E-state index is 0.161. The zero-order chi connectivity index (χ0) is 17.6. The second-order valence-corrected chi connectivity index (χ2v) is 6.93. The number of carbonyl (C=O) groups excluding carboxylic acids is 2. The Balaban J connectivity index is 2.00. The fraction of sp³-hybridized carbons (Fsp3) is 0.526. The molecule has 24 heavy (non-hydrogen) atoms. The Morgan fingerprint density at radius 2 is 1.79 bits per heavy atom. The Labute approximate surface area is 143 Å². The molecule has 1 fully saturated rings. The Morgan fingerprint density at radius 3 is 2.42 bits per heavy atom. The van der Waals surface area contributed by atoms with E-state index in [4.69, 9.17) is 5.26 Å². The highest BCUT2D eigenvalue weighted by Gasteiger charge is 2.37. The van der Waals surface area contributed by atoms with Crippen molar-refractivity contribution < 1.29 is 9.59 Å². The van der Waals surface area contributed by atoms with Gasteiger partial charge in [0.2, 0.25) is 11.8 Å². The van der Waals surface area contributed by atoms with E-state index < -0.39 is 5.41 Å². The first kappa shape index (κ1) is 18.0. The maximum absolute atomic E-state index is 12.6. The molecule has 2 rings (SSSR count). The minimum Gasteiger partial charge on any atom is -0.352 e. The molecule has 0 spiro atoms. The number of nitrogens with zero attached hydrogens (tertiary/aromatic N) is 1. The van der Waals surface area contributed by atoms with Crippen molar-refractivity contribution in [1.29, 1.82) is 5.26 Å². The van der Waals surface area contributed by atoms with Crippen LogP contribution in [0.25, 0.3) is 0 Å². The number of nitrogens with one attached hydrogen (secondary N) is 2. The highest BCUT2D eigenvalue weighted by atomic mass is 16.2. The largest absolute Gasteiger partial charge is 0.352 e. The highest BCUT2D eigenvalue weighted by molar-refractivity contribution is 6.09. The molecule has 1 aliphatic carbocycles. The Kier molecular flexibility index (Phi) is 5.97. The quantitative estimate of drug-likeness (QED) is 0.657. The maximum Gasteiger partial charge on any atom is 0.239 e. The summed E-state index contributed by atoms with van der Waals surface area (Å²) >= 11 is 0. The molecule has 1 aliphatic rings. The summed E-state index contributed by atoms with van der Waals surface area (Å²) in [4.78, 5) is 25.1. The Morgan fingerprint density at radius 1 is 1.12 bits per heavy atom. The van der Waals surface area contributed by atoms with Crippen molar-refractivity contribution in [2.75, 3.05) is 5.32 Å². The van der Waals surface area contributed by atoms with Gasteiger partial charge in [0.15, 0.2) is 0 Å². The molecule has 0 radical (unpaired) electrons. The molecule has 0 aliphatic heterocycles. The summed E-state index contributed by atoms with van der Waals surface area (Å²) in [6, 6.07) is 8.86. The van der Waals surface area contributed by atoms with E-state index >= 15 is 0 Å². The standard InChI is InChI=1S/C19H25N3O2/c1-19(2,17(23)21-15-9-5-3-4-6-10-15)18(24)22-16-11-7-8-14(12-16)13-20/h7-8,11-12,15H,3-6,9-10H2,1-2H3,(H,21,23)(H,22,24). The van der Waals surface area contributed by atoms with Crippen molar-refractivity contribution in [3.8, 4) is 6.07 Å². The molecule has 0 unspecified atom stereocenters. The van der Waals surface area contributed by atoms with E-state index in [0.717, 1.165) is 25.7 Å². The molecule has 0 bridgehead atoms. The van der Waals surface area contributed by atoms with Crippen LogP contribution in [-0.2, 0) is 9.59 Å². The van der Waals surface area contributed by atoms with Crippen LogP contribution < -0.4 is 10.6 Å². The maximum atomic E-state index is 12.6. The Hall–Kier alpha value is -2.35. The van der Waals surface area contributed by atoms with Gasteiger partial charge in [-0.25, -0.2) is 0 Å². The first-order chi connectivity index (χ1) is 11.4. The lowest BCUT2D eigenvalue weighted by molar-refractivity contribution is -0.138. The second-order valence-electron chi connectivity index (χ2n) is 6.93. The molecule has 128 valence electrons. The predicted octanol–water partition coefficient (Wildman–Crippen LogP) is 3.36. The number of rotatable bonds is 4. The van der Waals surface area contributed by atoms with E-state index in [9.17, 15) is 9.59 Å². The Bertz CT molecular complexity index is 638. The van der Waals surface area contributed by atoms with Crippen molar-refractivity contribution >= 4 is 17.5 Å². The van der Waals surface area contributed by atoms with Crippen molar-refractivity contribution in [3.63, 3.8) is 0 Å². The van der Waals surface area contributed by atoms with Crippen LogP contribution in [0.3, 0.4) is 0 Å².